The van der Waals surface area contributed by atoms with Gasteiger partial charge in [-0.15, -0.1) is 0 Å². The van der Waals surface area contributed by atoms with Gasteiger partial charge in [-0.1, -0.05) is 0 Å². The number of rotatable bonds is 1. The molecular formula is C9H15ClN6. The summed E-state index contributed by atoms with van der Waals surface area (Å²) >= 11 is 5.76. The lowest BCUT2D eigenvalue weighted by Crippen LogP contribution is -2.30. The standard InChI is InChI=1S/C9H15ClN6/c1-15-3-2-4-16(6-5-15)9-13-7(10)12-8(11)14-9/h2-6H2,1H3,(H2,11,12,13,14). The first-order valence-electron chi connectivity index (χ1n) is 5.26. The van der Waals surface area contributed by atoms with Crippen LogP contribution in [0.5, 0.6) is 0 Å². The Morgan fingerprint density at radius 2 is 1.94 bits per heavy atom. The lowest BCUT2D eigenvalue weighted by Gasteiger charge is -2.20. The molecule has 88 valence electrons. The number of nitrogens with zero attached hydrogens (tertiary/aromatic N) is 5. The highest BCUT2D eigenvalue weighted by Gasteiger charge is 2.15. The van der Waals surface area contributed by atoms with E-state index in [2.05, 4.69) is 31.8 Å². The fraction of sp³-hybridized carbons (Fsp3) is 0.667. The van der Waals surface area contributed by atoms with Crippen LogP contribution in [0.3, 0.4) is 0 Å². The van der Waals surface area contributed by atoms with Crippen LogP contribution in [-0.4, -0.2) is 53.1 Å². The Morgan fingerprint density at radius 1 is 1.12 bits per heavy atom. The number of nitrogens with two attached hydrogens (primary N) is 1. The van der Waals surface area contributed by atoms with Crippen LogP contribution in [0.2, 0.25) is 5.28 Å². The van der Waals surface area contributed by atoms with Crippen LogP contribution in [0.15, 0.2) is 0 Å². The van der Waals surface area contributed by atoms with E-state index in [1.807, 2.05) is 0 Å². The fourth-order valence-electron chi connectivity index (χ4n) is 1.74. The second kappa shape index (κ2) is 4.80. The highest BCUT2D eigenvalue weighted by molar-refractivity contribution is 6.28. The summed E-state index contributed by atoms with van der Waals surface area (Å²) in [6.45, 7) is 3.88. The zero-order valence-corrected chi connectivity index (χ0v) is 9.98. The predicted molar refractivity (Wildman–Crippen MR) is 63.6 cm³/mol. The Morgan fingerprint density at radius 3 is 2.69 bits per heavy atom. The number of anilines is 2. The minimum Gasteiger partial charge on any atom is -0.368 e. The first-order valence-corrected chi connectivity index (χ1v) is 5.63. The molecule has 16 heavy (non-hydrogen) atoms. The molecule has 1 aliphatic heterocycles. The summed E-state index contributed by atoms with van der Waals surface area (Å²) in [7, 11) is 2.11. The lowest BCUT2D eigenvalue weighted by molar-refractivity contribution is 0.360. The van der Waals surface area contributed by atoms with Gasteiger partial charge >= 0.3 is 0 Å². The van der Waals surface area contributed by atoms with Crippen LogP contribution >= 0.6 is 11.6 Å². The molecule has 2 rings (SSSR count). The first kappa shape index (κ1) is 11.3. The third-order valence-electron chi connectivity index (χ3n) is 2.62. The number of aromatic nitrogens is 3. The van der Waals surface area contributed by atoms with Gasteiger partial charge in [0.15, 0.2) is 0 Å². The minimum atomic E-state index is 0.153. The normalized spacial score (nSPS) is 18.5. The summed E-state index contributed by atoms with van der Waals surface area (Å²) in [5.74, 6) is 0.750. The van der Waals surface area contributed by atoms with E-state index in [-0.39, 0.29) is 11.2 Å². The molecule has 0 aromatic carbocycles. The molecule has 0 spiro atoms. The van der Waals surface area contributed by atoms with Crippen molar-refractivity contribution in [2.45, 2.75) is 6.42 Å². The zero-order chi connectivity index (χ0) is 11.5. The van der Waals surface area contributed by atoms with E-state index < -0.39 is 0 Å². The molecule has 6 nitrogen and oxygen atoms in total. The predicted octanol–water partition coefficient (Wildman–Crippen LogP) is 0.249. The van der Waals surface area contributed by atoms with Gasteiger partial charge in [-0.05, 0) is 31.6 Å². The molecule has 1 aromatic heterocycles. The smallest absolute Gasteiger partial charge is 0.231 e. The molecule has 0 unspecified atom stereocenters. The first-order chi connectivity index (χ1) is 7.65. The van der Waals surface area contributed by atoms with Crippen molar-refractivity contribution in [3.05, 3.63) is 5.28 Å². The molecule has 7 heteroatoms. The number of hydrogen-bond acceptors (Lipinski definition) is 6. The Kier molecular flexibility index (Phi) is 3.40. The molecule has 0 saturated carbocycles. The van der Waals surface area contributed by atoms with Crippen LogP contribution in [0, 0.1) is 0 Å². The third kappa shape index (κ3) is 2.70. The molecule has 0 amide bonds. The SMILES string of the molecule is CN1CCCN(c2nc(N)nc(Cl)n2)CC1. The van der Waals surface area contributed by atoms with Gasteiger partial charge in [-0.25, -0.2) is 0 Å². The Balaban J connectivity index is 2.16. The van der Waals surface area contributed by atoms with Crippen molar-refractivity contribution in [2.24, 2.45) is 0 Å². The summed E-state index contributed by atoms with van der Waals surface area (Å²) in [4.78, 5) is 16.3. The second-order valence-electron chi connectivity index (χ2n) is 3.91. The summed E-state index contributed by atoms with van der Waals surface area (Å²) in [5, 5.41) is 0.153. The number of halogens is 1. The van der Waals surface area contributed by atoms with E-state index in [0.29, 0.717) is 5.95 Å². The maximum Gasteiger partial charge on any atom is 0.231 e. The van der Waals surface area contributed by atoms with Gasteiger partial charge < -0.3 is 15.5 Å². The van der Waals surface area contributed by atoms with Crippen LogP contribution in [0.1, 0.15) is 6.42 Å². The van der Waals surface area contributed by atoms with E-state index in [4.69, 9.17) is 17.3 Å². The summed E-state index contributed by atoms with van der Waals surface area (Å²) in [5.41, 5.74) is 5.55. The second-order valence-corrected chi connectivity index (χ2v) is 4.24. The molecule has 1 saturated heterocycles. The average molecular weight is 243 g/mol. The van der Waals surface area contributed by atoms with Crippen molar-refractivity contribution in [1.29, 1.82) is 0 Å². The number of nitrogen functional groups attached to an aromatic ring is 1. The molecule has 0 atom stereocenters. The highest BCUT2D eigenvalue weighted by Crippen LogP contribution is 2.14. The highest BCUT2D eigenvalue weighted by atomic mass is 35.5. The van der Waals surface area contributed by atoms with Crippen molar-refractivity contribution < 1.29 is 0 Å². The third-order valence-corrected chi connectivity index (χ3v) is 2.78. The summed E-state index contributed by atoms with van der Waals surface area (Å²) in [6, 6.07) is 0. The van der Waals surface area contributed by atoms with Gasteiger partial charge in [0.25, 0.3) is 0 Å². The van der Waals surface area contributed by atoms with E-state index in [1.54, 1.807) is 0 Å². The Hall–Kier alpha value is -1.14. The molecule has 2 N–H and O–H groups in total. The van der Waals surface area contributed by atoms with Crippen LogP contribution in [0.25, 0.3) is 0 Å². The van der Waals surface area contributed by atoms with E-state index in [9.17, 15) is 0 Å². The van der Waals surface area contributed by atoms with Crippen molar-refractivity contribution in [3.8, 4) is 0 Å². The minimum absolute atomic E-state index is 0.153. The van der Waals surface area contributed by atoms with E-state index >= 15 is 0 Å². The monoisotopic (exact) mass is 242 g/mol. The van der Waals surface area contributed by atoms with Crippen molar-refractivity contribution in [2.75, 3.05) is 43.9 Å². The molecule has 1 fully saturated rings. The van der Waals surface area contributed by atoms with Gasteiger partial charge in [0.05, 0.1) is 0 Å². The van der Waals surface area contributed by atoms with E-state index in [1.165, 1.54) is 0 Å². The average Bonchev–Trinajstić information content (AvgIpc) is 2.41. The largest absolute Gasteiger partial charge is 0.368 e. The van der Waals surface area contributed by atoms with Crippen LogP contribution in [-0.2, 0) is 0 Å². The molecule has 0 aliphatic carbocycles. The van der Waals surface area contributed by atoms with Crippen LogP contribution in [0.4, 0.5) is 11.9 Å². The Labute approximate surface area is 99.4 Å². The molecule has 2 heterocycles. The van der Waals surface area contributed by atoms with Gasteiger partial charge in [-0.3, -0.25) is 0 Å². The summed E-state index contributed by atoms with van der Waals surface area (Å²) in [6.07, 6.45) is 1.08. The van der Waals surface area contributed by atoms with Crippen molar-refractivity contribution in [3.63, 3.8) is 0 Å². The van der Waals surface area contributed by atoms with Gasteiger partial charge in [0.1, 0.15) is 0 Å². The Bertz CT molecular complexity index is 351. The fourth-order valence-corrected chi connectivity index (χ4v) is 1.90. The topological polar surface area (TPSA) is 71.2 Å². The molecule has 0 bridgehead atoms. The van der Waals surface area contributed by atoms with Gasteiger partial charge in [0.2, 0.25) is 17.2 Å². The maximum atomic E-state index is 5.76. The van der Waals surface area contributed by atoms with Crippen molar-refractivity contribution in [1.82, 2.24) is 19.9 Å². The summed E-state index contributed by atoms with van der Waals surface area (Å²) < 4.78 is 0. The van der Waals surface area contributed by atoms with Gasteiger partial charge in [0, 0.05) is 19.6 Å². The number of hydrogen-bond donors (Lipinski definition) is 1. The van der Waals surface area contributed by atoms with E-state index in [0.717, 1.165) is 32.6 Å². The van der Waals surface area contributed by atoms with Gasteiger partial charge in [-0.2, -0.15) is 15.0 Å². The molecular weight excluding hydrogens is 228 g/mol. The lowest BCUT2D eigenvalue weighted by atomic mass is 10.4. The maximum absolute atomic E-state index is 5.76. The quantitative estimate of drug-likeness (QED) is 0.761. The molecule has 0 radical (unpaired) electrons. The zero-order valence-electron chi connectivity index (χ0n) is 9.23. The molecule has 1 aliphatic rings. The van der Waals surface area contributed by atoms with Crippen molar-refractivity contribution >= 4 is 23.5 Å². The number of likely N-dealkylation sites (N-methyl/N-ethyl adjacent to an activating group) is 1. The molecule has 1 aromatic rings. The van der Waals surface area contributed by atoms with Crippen LogP contribution < -0.4 is 10.6 Å².